The van der Waals surface area contributed by atoms with Crippen LogP contribution >= 0.6 is 23.2 Å². The summed E-state index contributed by atoms with van der Waals surface area (Å²) in [6.45, 7) is 4.75. The summed E-state index contributed by atoms with van der Waals surface area (Å²) < 4.78 is 16.7. The molecule has 3 rings (SSSR count). The number of fused-ring (bicyclic) bond motifs is 1. The quantitative estimate of drug-likeness (QED) is 0.416. The fourth-order valence-corrected chi connectivity index (χ4v) is 3.63. The monoisotopic (exact) mass is 494 g/mol. The molecule has 178 valence electrons. The van der Waals surface area contributed by atoms with Crippen LogP contribution in [0.4, 0.5) is 11.5 Å². The van der Waals surface area contributed by atoms with Crippen LogP contribution in [0.5, 0.6) is 17.2 Å². The summed E-state index contributed by atoms with van der Waals surface area (Å²) in [5.41, 5.74) is 1.21. The van der Waals surface area contributed by atoms with Crippen molar-refractivity contribution in [2.75, 3.05) is 39.7 Å². The number of likely N-dealkylation sites (N-methyl/N-ethyl adjacent to an activating group) is 1. The van der Waals surface area contributed by atoms with Gasteiger partial charge in [0.25, 0.3) is 0 Å². The lowest BCUT2D eigenvalue weighted by molar-refractivity contribution is 0.0669. The third-order valence-electron chi connectivity index (χ3n) is 5.23. The second kappa shape index (κ2) is 11.1. The fourth-order valence-electron chi connectivity index (χ4n) is 3.13. The molecule has 8 nitrogen and oxygen atoms in total. The molecule has 0 bridgehead atoms. The zero-order chi connectivity index (χ0) is 24.1. The first kappa shape index (κ1) is 25.1. The Bertz CT molecular complexity index is 1110. The minimum Gasteiger partial charge on any atom is -0.495 e. The van der Waals surface area contributed by atoms with E-state index in [1.807, 2.05) is 11.9 Å². The number of methoxy groups -OCH3 is 2. The van der Waals surface area contributed by atoms with Crippen molar-refractivity contribution in [1.29, 1.82) is 0 Å². The molecule has 3 aromatic rings. The van der Waals surface area contributed by atoms with Gasteiger partial charge in [0.05, 0.1) is 35.5 Å². The summed E-state index contributed by atoms with van der Waals surface area (Å²) in [5.74, 6) is 1.98. The molecule has 10 heteroatoms. The number of rotatable bonds is 10. The summed E-state index contributed by atoms with van der Waals surface area (Å²) in [6.07, 6.45) is 0.788. The maximum Gasteiger partial charge on any atom is 0.163 e. The molecule has 0 spiro atoms. The molecule has 1 unspecified atom stereocenters. The van der Waals surface area contributed by atoms with Crippen molar-refractivity contribution in [3.8, 4) is 17.2 Å². The van der Waals surface area contributed by atoms with Crippen molar-refractivity contribution in [3.63, 3.8) is 0 Å². The molecule has 0 aliphatic carbocycles. The number of hydrogen-bond donors (Lipinski definition) is 2. The van der Waals surface area contributed by atoms with Gasteiger partial charge in [-0.15, -0.1) is 0 Å². The van der Waals surface area contributed by atoms with Crippen molar-refractivity contribution < 1.29 is 19.3 Å². The zero-order valence-corrected chi connectivity index (χ0v) is 20.7. The predicted octanol–water partition coefficient (Wildman–Crippen LogP) is 4.78. The smallest absolute Gasteiger partial charge is 0.163 e. The van der Waals surface area contributed by atoms with Gasteiger partial charge in [0.1, 0.15) is 30.6 Å². The summed E-state index contributed by atoms with van der Waals surface area (Å²) in [4.78, 5) is 10.8. The Morgan fingerprint density at radius 3 is 2.39 bits per heavy atom. The molecule has 1 heterocycles. The van der Waals surface area contributed by atoms with E-state index in [4.69, 9.17) is 37.4 Å². The van der Waals surface area contributed by atoms with E-state index in [2.05, 4.69) is 29.1 Å². The average Bonchev–Trinajstić information content (AvgIpc) is 2.78. The minimum absolute atomic E-state index is 0.120. The van der Waals surface area contributed by atoms with Crippen LogP contribution in [0, 0.1) is 0 Å². The second-order valence-corrected chi connectivity index (χ2v) is 8.65. The van der Waals surface area contributed by atoms with Crippen LogP contribution in [0.25, 0.3) is 10.9 Å². The van der Waals surface area contributed by atoms with E-state index >= 15 is 0 Å². The van der Waals surface area contributed by atoms with Gasteiger partial charge in [-0.05, 0) is 33.0 Å². The molecule has 0 fully saturated rings. The number of anilines is 2. The summed E-state index contributed by atoms with van der Waals surface area (Å²) >= 11 is 12.5. The molecule has 0 saturated carbocycles. The van der Waals surface area contributed by atoms with Crippen LogP contribution in [0.3, 0.4) is 0 Å². The molecule has 0 amide bonds. The van der Waals surface area contributed by atoms with Gasteiger partial charge < -0.3 is 29.5 Å². The van der Waals surface area contributed by atoms with Crippen molar-refractivity contribution >= 4 is 45.6 Å². The van der Waals surface area contributed by atoms with Gasteiger partial charge >= 0.3 is 0 Å². The summed E-state index contributed by atoms with van der Waals surface area (Å²) in [5, 5.41) is 15.1. The van der Waals surface area contributed by atoms with E-state index in [1.54, 1.807) is 31.4 Å². The first-order valence-corrected chi connectivity index (χ1v) is 11.1. The Kier molecular flexibility index (Phi) is 8.42. The van der Waals surface area contributed by atoms with E-state index < -0.39 is 6.10 Å². The molecular weight excluding hydrogens is 467 g/mol. The van der Waals surface area contributed by atoms with Gasteiger partial charge in [0.2, 0.25) is 0 Å². The molecule has 0 radical (unpaired) electrons. The lowest BCUT2D eigenvalue weighted by Crippen LogP contribution is -2.36. The van der Waals surface area contributed by atoms with E-state index in [-0.39, 0.29) is 6.61 Å². The van der Waals surface area contributed by atoms with E-state index in [9.17, 15) is 5.11 Å². The second-order valence-electron chi connectivity index (χ2n) is 7.83. The molecule has 2 N–H and O–H groups in total. The van der Waals surface area contributed by atoms with Crippen LogP contribution in [-0.2, 0) is 0 Å². The molecular formula is C23H28Cl2N4O4. The van der Waals surface area contributed by atoms with E-state index in [0.717, 1.165) is 0 Å². The van der Waals surface area contributed by atoms with Gasteiger partial charge in [-0.1, -0.05) is 23.2 Å². The Labute approximate surface area is 203 Å². The molecule has 2 aromatic carbocycles. The first-order valence-electron chi connectivity index (χ1n) is 10.4. The lowest BCUT2D eigenvalue weighted by atomic mass is 10.2. The van der Waals surface area contributed by atoms with Gasteiger partial charge in [0.15, 0.2) is 11.5 Å². The maximum absolute atomic E-state index is 10.3. The first-order chi connectivity index (χ1) is 15.7. The molecule has 33 heavy (non-hydrogen) atoms. The van der Waals surface area contributed by atoms with Gasteiger partial charge in [-0.2, -0.15) is 0 Å². The largest absolute Gasteiger partial charge is 0.495 e. The number of aliphatic hydroxyl groups excluding tert-OH is 1. The van der Waals surface area contributed by atoms with Crippen LogP contribution in [0.15, 0.2) is 30.6 Å². The Morgan fingerprint density at radius 2 is 1.73 bits per heavy atom. The molecule has 0 aliphatic rings. The van der Waals surface area contributed by atoms with Crippen molar-refractivity contribution in [1.82, 2.24) is 14.9 Å². The van der Waals surface area contributed by atoms with Gasteiger partial charge in [-0.3, -0.25) is 0 Å². The van der Waals surface area contributed by atoms with Gasteiger partial charge in [0, 0.05) is 30.1 Å². The van der Waals surface area contributed by atoms with Crippen LogP contribution in [-0.4, -0.2) is 66.5 Å². The number of halogens is 2. The maximum atomic E-state index is 10.3. The Morgan fingerprint density at radius 1 is 1.00 bits per heavy atom. The third kappa shape index (κ3) is 6.09. The zero-order valence-electron chi connectivity index (χ0n) is 19.2. The number of ether oxygens (including phenoxy) is 3. The summed E-state index contributed by atoms with van der Waals surface area (Å²) in [6, 6.07) is 7.15. The normalized spacial score (nSPS) is 12.3. The van der Waals surface area contributed by atoms with E-state index in [0.29, 0.717) is 62.3 Å². The summed E-state index contributed by atoms with van der Waals surface area (Å²) in [7, 11) is 5.04. The average molecular weight is 495 g/mol. The van der Waals surface area contributed by atoms with Crippen LogP contribution in [0.1, 0.15) is 13.8 Å². The van der Waals surface area contributed by atoms with Crippen molar-refractivity contribution in [2.45, 2.75) is 26.0 Å². The highest BCUT2D eigenvalue weighted by atomic mass is 35.5. The number of aromatic nitrogens is 2. The van der Waals surface area contributed by atoms with Gasteiger partial charge in [-0.25, -0.2) is 9.97 Å². The Balaban J connectivity index is 1.87. The number of aliphatic hydroxyl groups is 1. The highest BCUT2D eigenvalue weighted by Crippen LogP contribution is 2.38. The van der Waals surface area contributed by atoms with Crippen molar-refractivity contribution in [2.24, 2.45) is 0 Å². The lowest BCUT2D eigenvalue weighted by Gasteiger charge is -2.24. The fraction of sp³-hybridized carbons (Fsp3) is 0.391. The number of nitrogens with zero attached hydrogens (tertiary/aromatic N) is 3. The highest BCUT2D eigenvalue weighted by Gasteiger charge is 2.16. The van der Waals surface area contributed by atoms with Crippen molar-refractivity contribution in [3.05, 3.63) is 40.6 Å². The minimum atomic E-state index is -0.651. The highest BCUT2D eigenvalue weighted by molar-refractivity contribution is 6.37. The SMILES string of the molecule is COc1cc(Nc2ncnc3cc(OCC(O)CN(C)C(C)C)c(OC)cc23)c(Cl)cc1Cl. The topological polar surface area (TPSA) is 89.0 Å². The number of hydrogen-bond acceptors (Lipinski definition) is 8. The third-order valence-corrected chi connectivity index (χ3v) is 5.83. The molecule has 1 atom stereocenters. The number of nitrogens with one attached hydrogen (secondary N) is 1. The molecule has 1 aromatic heterocycles. The van der Waals surface area contributed by atoms with Crippen LogP contribution in [0.2, 0.25) is 10.0 Å². The van der Waals surface area contributed by atoms with Crippen LogP contribution < -0.4 is 19.5 Å². The predicted molar refractivity (Wildman–Crippen MR) is 132 cm³/mol. The number of benzene rings is 2. The molecule has 0 aliphatic heterocycles. The van der Waals surface area contributed by atoms with E-state index in [1.165, 1.54) is 13.4 Å². The standard InChI is InChI=1S/C23H28Cl2N4O4/c1-13(2)29(3)10-14(30)11-33-22-8-18-15(6-21(22)32-5)23(27-12-26-18)28-19-9-20(31-4)17(25)7-16(19)24/h6-9,12-14,30H,10-11H2,1-5H3,(H,26,27,28). The molecule has 0 saturated heterocycles. The Hall–Kier alpha value is -2.52.